The molecule has 10 nitrogen and oxygen atoms in total. The molecule has 11 heteroatoms. The number of amides is 2. The first-order valence-corrected chi connectivity index (χ1v) is 11.4. The van der Waals surface area contributed by atoms with Gasteiger partial charge >= 0.3 is 6.16 Å². The van der Waals surface area contributed by atoms with Gasteiger partial charge in [-0.25, -0.2) is 22.9 Å². The number of carbonyl (C=O) groups is 3. The summed E-state index contributed by atoms with van der Waals surface area (Å²) in [5.74, 6) is -1.45. The second-order valence-electron chi connectivity index (χ2n) is 6.72. The molecule has 32 heavy (non-hydrogen) atoms. The molecule has 0 unspecified atom stereocenters. The summed E-state index contributed by atoms with van der Waals surface area (Å²) in [6, 6.07) is 7.84. The Morgan fingerprint density at radius 1 is 1.00 bits per heavy atom. The average molecular weight is 464 g/mol. The molecular weight excluding hydrogens is 438 g/mol. The fourth-order valence-electron chi connectivity index (χ4n) is 2.60. The van der Waals surface area contributed by atoms with Crippen LogP contribution in [-0.4, -0.2) is 45.0 Å². The summed E-state index contributed by atoms with van der Waals surface area (Å²) in [5.41, 5.74) is 0.0913. The Morgan fingerprint density at radius 2 is 1.78 bits per heavy atom. The summed E-state index contributed by atoms with van der Waals surface area (Å²) in [5, 5.41) is 2.75. The van der Waals surface area contributed by atoms with Crippen molar-refractivity contribution in [3.05, 3.63) is 53.7 Å². The number of unbranched alkanes of at least 4 members (excludes halogenated alkanes) is 3. The number of aromatic nitrogens is 1. The highest BCUT2D eigenvalue weighted by Gasteiger charge is 2.20. The molecule has 0 aliphatic heterocycles. The average Bonchev–Trinajstić information content (AvgIpc) is 2.79. The van der Waals surface area contributed by atoms with E-state index in [0.717, 1.165) is 39.0 Å². The fraction of sp³-hybridized carbons (Fsp3) is 0.333. The number of hydrogen-bond acceptors (Lipinski definition) is 8. The monoisotopic (exact) mass is 463 g/mol. The van der Waals surface area contributed by atoms with Gasteiger partial charge in [0.25, 0.3) is 21.8 Å². The summed E-state index contributed by atoms with van der Waals surface area (Å²) in [6.45, 7) is 2.59. The van der Waals surface area contributed by atoms with Gasteiger partial charge in [0.15, 0.2) is 0 Å². The van der Waals surface area contributed by atoms with Gasteiger partial charge in [-0.15, -0.1) is 0 Å². The van der Waals surface area contributed by atoms with Gasteiger partial charge in [-0.1, -0.05) is 32.3 Å². The summed E-state index contributed by atoms with van der Waals surface area (Å²) in [7, 11) is -3.12. The first-order chi connectivity index (χ1) is 15.3. The number of pyridine rings is 1. The molecule has 0 saturated heterocycles. The molecule has 0 aliphatic rings. The molecule has 0 spiro atoms. The van der Waals surface area contributed by atoms with Crippen molar-refractivity contribution in [2.75, 3.05) is 13.7 Å². The Kier molecular flexibility index (Phi) is 9.14. The van der Waals surface area contributed by atoms with Crippen LogP contribution in [-0.2, 0) is 14.8 Å². The minimum atomic E-state index is -4.24. The van der Waals surface area contributed by atoms with Crippen molar-refractivity contribution >= 4 is 28.0 Å². The molecule has 172 valence electrons. The molecule has 1 aromatic heterocycles. The third-order valence-corrected chi connectivity index (χ3v) is 5.63. The molecule has 1 heterocycles. The lowest BCUT2D eigenvalue weighted by Crippen LogP contribution is -2.31. The van der Waals surface area contributed by atoms with Gasteiger partial charge in [-0.05, 0) is 30.7 Å². The van der Waals surface area contributed by atoms with E-state index in [4.69, 9.17) is 4.74 Å². The van der Waals surface area contributed by atoms with E-state index in [1.807, 2.05) is 4.72 Å². The lowest BCUT2D eigenvalue weighted by atomic mass is 10.2. The second-order valence-corrected chi connectivity index (χ2v) is 8.40. The highest BCUT2D eigenvalue weighted by Crippen LogP contribution is 2.14. The van der Waals surface area contributed by atoms with Crippen LogP contribution >= 0.6 is 0 Å². The van der Waals surface area contributed by atoms with Crippen LogP contribution in [0.2, 0.25) is 0 Å². The van der Waals surface area contributed by atoms with Crippen LogP contribution in [0.25, 0.3) is 0 Å². The van der Waals surface area contributed by atoms with Crippen molar-refractivity contribution in [3.63, 3.8) is 0 Å². The van der Waals surface area contributed by atoms with Gasteiger partial charge in [0.1, 0.15) is 0 Å². The van der Waals surface area contributed by atoms with Gasteiger partial charge in [0.05, 0.1) is 17.6 Å². The number of nitrogens with one attached hydrogen (secondary N) is 2. The minimum absolute atomic E-state index is 0.0771. The van der Waals surface area contributed by atoms with Crippen molar-refractivity contribution < 1.29 is 32.3 Å². The lowest BCUT2D eigenvalue weighted by molar-refractivity contribution is 0.0950. The van der Waals surface area contributed by atoms with Crippen LogP contribution in [0, 0.1) is 0 Å². The zero-order valence-corrected chi connectivity index (χ0v) is 18.6. The Labute approximate surface area is 186 Å². The molecule has 1 aromatic carbocycles. The van der Waals surface area contributed by atoms with Crippen LogP contribution in [0.3, 0.4) is 0 Å². The summed E-state index contributed by atoms with van der Waals surface area (Å²) in [4.78, 5) is 39.2. The number of sulfonamides is 1. The maximum absolute atomic E-state index is 12.6. The highest BCUT2D eigenvalue weighted by molar-refractivity contribution is 7.90. The van der Waals surface area contributed by atoms with Gasteiger partial charge in [0.2, 0.25) is 5.88 Å². The third kappa shape index (κ3) is 7.34. The predicted octanol–water partition coefficient (Wildman–Crippen LogP) is 2.66. The van der Waals surface area contributed by atoms with Crippen molar-refractivity contribution in [2.24, 2.45) is 0 Å². The molecule has 0 saturated carbocycles. The molecular formula is C21H25N3O7S. The van der Waals surface area contributed by atoms with Crippen LogP contribution in [0.1, 0.15) is 53.3 Å². The molecule has 2 amide bonds. The van der Waals surface area contributed by atoms with E-state index in [2.05, 4.69) is 22.0 Å². The Bertz CT molecular complexity index is 1050. The number of carbonyl (C=O) groups excluding carboxylic acids is 3. The molecule has 0 radical (unpaired) electrons. The summed E-state index contributed by atoms with van der Waals surface area (Å²) >= 11 is 0. The largest absolute Gasteiger partial charge is 0.514 e. The van der Waals surface area contributed by atoms with Gasteiger partial charge < -0.3 is 14.8 Å². The van der Waals surface area contributed by atoms with E-state index in [1.165, 1.54) is 36.4 Å². The standard InChI is InChI=1S/C21H25N3O7S/c1-3-4-5-6-12-22-19(25)15-8-7-9-17(13-15)32(28,29)24-20(26)16-10-11-18(23-14-16)31-21(27)30-2/h7-11,13-14H,3-6,12H2,1-2H3,(H,22,25)(H,24,26). The third-order valence-electron chi connectivity index (χ3n) is 4.30. The quantitative estimate of drug-likeness (QED) is 0.405. The molecule has 2 rings (SSSR count). The number of benzene rings is 1. The normalized spacial score (nSPS) is 10.8. The molecule has 0 aliphatic carbocycles. The first kappa shape index (κ1) is 24.8. The highest BCUT2D eigenvalue weighted by atomic mass is 32.2. The Hall–Kier alpha value is -3.47. The van der Waals surface area contributed by atoms with Crippen LogP contribution in [0.15, 0.2) is 47.5 Å². The van der Waals surface area contributed by atoms with Crippen molar-refractivity contribution in [3.8, 4) is 5.88 Å². The van der Waals surface area contributed by atoms with E-state index in [-0.39, 0.29) is 21.9 Å². The van der Waals surface area contributed by atoms with Gasteiger partial charge in [-0.2, -0.15) is 0 Å². The topological polar surface area (TPSA) is 141 Å². The van der Waals surface area contributed by atoms with Crippen molar-refractivity contribution in [1.82, 2.24) is 15.0 Å². The number of nitrogens with zero attached hydrogens (tertiary/aromatic N) is 1. The second kappa shape index (κ2) is 11.8. The minimum Gasteiger partial charge on any atom is -0.437 e. The van der Waals surface area contributed by atoms with E-state index >= 15 is 0 Å². The number of methoxy groups -OCH3 is 1. The summed E-state index contributed by atoms with van der Waals surface area (Å²) < 4.78 is 36.1. The fourth-order valence-corrected chi connectivity index (χ4v) is 3.62. The van der Waals surface area contributed by atoms with E-state index in [1.54, 1.807) is 0 Å². The van der Waals surface area contributed by atoms with Crippen LogP contribution < -0.4 is 14.8 Å². The van der Waals surface area contributed by atoms with E-state index in [0.29, 0.717) is 6.54 Å². The number of ether oxygens (including phenoxy) is 2. The van der Waals surface area contributed by atoms with Gasteiger partial charge in [0, 0.05) is 24.4 Å². The maximum Gasteiger partial charge on any atom is 0.514 e. The van der Waals surface area contributed by atoms with Crippen molar-refractivity contribution in [1.29, 1.82) is 0 Å². The maximum atomic E-state index is 12.6. The summed E-state index contributed by atoms with van der Waals surface area (Å²) in [6.07, 6.45) is 4.07. The number of rotatable bonds is 10. The number of hydrogen-bond donors (Lipinski definition) is 2. The van der Waals surface area contributed by atoms with E-state index < -0.39 is 28.0 Å². The van der Waals surface area contributed by atoms with Crippen LogP contribution in [0.4, 0.5) is 4.79 Å². The van der Waals surface area contributed by atoms with Crippen molar-refractivity contribution in [2.45, 2.75) is 37.5 Å². The first-order valence-electron chi connectivity index (χ1n) is 9.94. The van der Waals surface area contributed by atoms with Crippen LogP contribution in [0.5, 0.6) is 5.88 Å². The molecule has 2 aromatic rings. The molecule has 0 atom stereocenters. The Balaban J connectivity index is 2.03. The molecule has 0 fully saturated rings. The smallest absolute Gasteiger partial charge is 0.437 e. The zero-order chi connectivity index (χ0) is 23.6. The lowest BCUT2D eigenvalue weighted by Gasteiger charge is -2.09. The molecule has 2 N–H and O–H groups in total. The van der Waals surface area contributed by atoms with Gasteiger partial charge in [-0.3, -0.25) is 9.59 Å². The Morgan fingerprint density at radius 3 is 2.44 bits per heavy atom. The zero-order valence-electron chi connectivity index (χ0n) is 17.8. The predicted molar refractivity (Wildman–Crippen MR) is 115 cm³/mol. The SMILES string of the molecule is CCCCCCNC(=O)c1cccc(S(=O)(=O)NC(=O)c2ccc(OC(=O)OC)nc2)c1. The molecule has 0 bridgehead atoms. The van der Waals surface area contributed by atoms with E-state index in [9.17, 15) is 22.8 Å².